The molecule has 6 heterocycles. The molecule has 3 aliphatic heterocycles. The maximum absolute atomic E-state index is 14.1. The zero-order valence-corrected chi connectivity index (χ0v) is 41.3. The third kappa shape index (κ3) is 6.37. The summed E-state index contributed by atoms with van der Waals surface area (Å²) >= 11 is 0. The SMILES string of the molecule is C=C1CC2C(CCc3ccc4c(oc5cc(-c6ccc(F)cc6)ccc54)c3-c3n4c5c(cccc5[n+]31)C(C)c1cc(-c3ccccc3)cc(C(C)C)c1-4)c1ccccc1-c1ccc([Si](C)(C)C)c[n+]12. The fourth-order valence-corrected chi connectivity index (χ4v) is 13.5. The van der Waals surface area contributed by atoms with E-state index in [0.717, 1.165) is 69.4 Å². The number of nitrogens with zero attached hydrogens (tertiary/aromatic N) is 3. The van der Waals surface area contributed by atoms with E-state index in [4.69, 9.17) is 11.0 Å². The monoisotopic (exact) mass is 917 g/mol. The standard InChI is InChI=1S/C63H56FN3OSi/c1-37(2)53-33-44(40-14-9-8-10-15-40)34-54-39(4)47-18-13-19-56-61(47)67(60(53)54)63-59-42(23-30-52-51-29-24-43(35-58(51)68-62(52)59)41-20-25-45(64)26-21-41)22-28-50-48-16-11-12-17-49(48)55-31-27-46(69(5,6)7)36-65(55)57(50)32-38(3)66(56)63/h8-21,23-27,29-31,33-37,39,50,57H,3,22,28,32H2,1-2,4-7H3/q+2. The van der Waals surface area contributed by atoms with Crippen molar-refractivity contribution in [2.24, 2.45) is 0 Å². The Bertz CT molecular complexity index is 3780. The molecular weight excluding hydrogens is 862 g/mol. The molecule has 4 nitrogen and oxygen atoms in total. The van der Waals surface area contributed by atoms with E-state index in [9.17, 15) is 4.39 Å². The fraction of sp³-hybridized carbons (Fsp3) is 0.206. The molecule has 0 radical (unpaired) electrons. The van der Waals surface area contributed by atoms with Gasteiger partial charge in [0.1, 0.15) is 28.3 Å². The van der Waals surface area contributed by atoms with Crippen molar-refractivity contribution < 1.29 is 17.9 Å². The van der Waals surface area contributed by atoms with Crippen LogP contribution in [0, 0.1) is 5.82 Å². The summed E-state index contributed by atoms with van der Waals surface area (Å²) in [5, 5.41) is 3.61. The number of hydrogen-bond donors (Lipinski definition) is 0. The van der Waals surface area contributed by atoms with Crippen molar-refractivity contribution in [1.29, 1.82) is 0 Å². The molecule has 3 aliphatic rings. The maximum atomic E-state index is 14.1. The van der Waals surface area contributed by atoms with Crippen LogP contribution in [0.3, 0.4) is 0 Å². The number of pyridine rings is 1. The van der Waals surface area contributed by atoms with E-state index in [2.05, 4.69) is 188 Å². The number of fused-ring (bicyclic) bond motifs is 17. The first-order valence-electron chi connectivity index (χ1n) is 24.8. The topological polar surface area (TPSA) is 25.8 Å². The van der Waals surface area contributed by atoms with Crippen LogP contribution in [0.5, 0.6) is 0 Å². The molecule has 0 fully saturated rings. The second kappa shape index (κ2) is 15.4. The summed E-state index contributed by atoms with van der Waals surface area (Å²) < 4.78 is 29.3. The fourth-order valence-electron chi connectivity index (χ4n) is 12.4. The Balaban J connectivity index is 1.13. The van der Waals surface area contributed by atoms with Crippen LogP contribution in [0.4, 0.5) is 4.39 Å². The normalized spacial score (nSPS) is 17.3. The van der Waals surface area contributed by atoms with Gasteiger partial charge in [-0.25, -0.2) is 4.39 Å². The van der Waals surface area contributed by atoms with E-state index < -0.39 is 8.07 Å². The summed E-state index contributed by atoms with van der Waals surface area (Å²) in [5.74, 6) is 1.48. The van der Waals surface area contributed by atoms with Gasteiger partial charge in [-0.1, -0.05) is 144 Å². The number of furan rings is 1. The van der Waals surface area contributed by atoms with Crippen LogP contribution in [-0.4, -0.2) is 12.6 Å². The van der Waals surface area contributed by atoms with Gasteiger partial charge in [-0.3, -0.25) is 0 Å². The molecule has 0 saturated carbocycles. The molecule has 6 heteroatoms. The van der Waals surface area contributed by atoms with Gasteiger partial charge in [0.25, 0.3) is 0 Å². The van der Waals surface area contributed by atoms with Gasteiger partial charge < -0.3 is 4.42 Å². The quantitative estimate of drug-likeness (QED) is 0.128. The van der Waals surface area contributed by atoms with Gasteiger partial charge in [0.2, 0.25) is 5.69 Å². The van der Waals surface area contributed by atoms with Crippen molar-refractivity contribution >= 4 is 51.9 Å². The Kier molecular flexibility index (Phi) is 9.39. The van der Waals surface area contributed by atoms with Gasteiger partial charge >= 0.3 is 5.82 Å². The van der Waals surface area contributed by atoms with Gasteiger partial charge in [0.15, 0.2) is 28.9 Å². The summed E-state index contributed by atoms with van der Waals surface area (Å²) in [4.78, 5) is 0. The molecule has 3 aromatic heterocycles. The van der Waals surface area contributed by atoms with Gasteiger partial charge in [-0.15, -0.1) is 0 Å². The Hall–Kier alpha value is -7.15. The van der Waals surface area contributed by atoms with E-state index in [1.54, 1.807) is 0 Å². The number of para-hydroxylation sites is 1. The lowest BCUT2D eigenvalue weighted by Crippen LogP contribution is -2.53. The molecule has 3 atom stereocenters. The summed E-state index contributed by atoms with van der Waals surface area (Å²) in [6.45, 7) is 19.6. The summed E-state index contributed by atoms with van der Waals surface area (Å²) in [6.07, 6.45) is 5.10. The lowest BCUT2D eigenvalue weighted by Gasteiger charge is -2.32. The van der Waals surface area contributed by atoms with Crippen LogP contribution < -0.4 is 14.3 Å². The minimum atomic E-state index is -1.66. The van der Waals surface area contributed by atoms with Crippen LogP contribution >= 0.6 is 0 Å². The van der Waals surface area contributed by atoms with E-state index >= 15 is 0 Å². The van der Waals surface area contributed by atoms with Crippen LogP contribution in [0.1, 0.15) is 85.2 Å². The molecule has 0 aliphatic carbocycles. The number of aromatic nitrogens is 3. The van der Waals surface area contributed by atoms with E-state index in [1.807, 2.05) is 12.1 Å². The first-order valence-corrected chi connectivity index (χ1v) is 28.3. The highest BCUT2D eigenvalue weighted by Gasteiger charge is 2.46. The van der Waals surface area contributed by atoms with Crippen molar-refractivity contribution in [2.45, 2.75) is 83.5 Å². The number of aryl methyl sites for hydroxylation is 1. The second-order valence-corrected chi connectivity index (χ2v) is 26.4. The molecule has 0 bridgehead atoms. The minimum Gasteiger partial charge on any atom is -0.455 e. The molecule has 10 aromatic rings. The van der Waals surface area contributed by atoms with Crippen molar-refractivity contribution in [3.8, 4) is 50.6 Å². The van der Waals surface area contributed by atoms with Crippen LogP contribution in [0.2, 0.25) is 19.6 Å². The average molecular weight is 918 g/mol. The van der Waals surface area contributed by atoms with Gasteiger partial charge in [-0.2, -0.15) is 13.7 Å². The highest BCUT2D eigenvalue weighted by Crippen LogP contribution is 2.51. The van der Waals surface area contributed by atoms with Crippen LogP contribution in [0.25, 0.3) is 89.3 Å². The first-order chi connectivity index (χ1) is 33.4. The van der Waals surface area contributed by atoms with Gasteiger partial charge in [0.05, 0.1) is 14.5 Å². The highest BCUT2D eigenvalue weighted by molar-refractivity contribution is 6.88. The van der Waals surface area contributed by atoms with E-state index in [1.165, 1.54) is 84.2 Å². The highest BCUT2D eigenvalue weighted by atomic mass is 28.3. The molecule has 13 rings (SSSR count). The Labute approximate surface area is 404 Å². The summed E-state index contributed by atoms with van der Waals surface area (Å²) in [5.41, 5.74) is 21.2. The van der Waals surface area contributed by atoms with Crippen molar-refractivity contribution in [1.82, 2.24) is 4.57 Å². The number of benzene rings is 7. The first kappa shape index (κ1) is 42.0. The molecule has 0 saturated heterocycles. The van der Waals surface area contributed by atoms with Crippen LogP contribution in [-0.2, 0) is 6.42 Å². The number of rotatable bonds is 4. The summed E-state index contributed by atoms with van der Waals surface area (Å²) in [6, 6.07) is 54.7. The summed E-state index contributed by atoms with van der Waals surface area (Å²) in [7, 11) is -1.66. The third-order valence-electron chi connectivity index (χ3n) is 15.9. The maximum Gasteiger partial charge on any atom is 0.304 e. The molecule has 0 spiro atoms. The Morgan fingerprint density at radius 3 is 2.26 bits per heavy atom. The Morgan fingerprint density at radius 2 is 1.46 bits per heavy atom. The molecule has 0 N–H and O–H groups in total. The van der Waals surface area contributed by atoms with Gasteiger partial charge in [0, 0.05) is 56.1 Å². The predicted octanol–water partition coefficient (Wildman–Crippen LogP) is 15.2. The zero-order valence-electron chi connectivity index (χ0n) is 40.3. The van der Waals surface area contributed by atoms with E-state index in [0.29, 0.717) is 0 Å². The predicted molar refractivity (Wildman–Crippen MR) is 284 cm³/mol. The molecule has 0 amide bonds. The zero-order chi connectivity index (χ0) is 47.0. The lowest BCUT2D eigenvalue weighted by molar-refractivity contribution is -0.719. The number of imidazole rings is 1. The molecule has 338 valence electrons. The largest absolute Gasteiger partial charge is 0.455 e. The minimum absolute atomic E-state index is 0.144. The lowest BCUT2D eigenvalue weighted by atomic mass is 9.77. The third-order valence-corrected chi connectivity index (χ3v) is 17.9. The van der Waals surface area contributed by atoms with Crippen LogP contribution in [0.15, 0.2) is 169 Å². The Morgan fingerprint density at radius 1 is 0.725 bits per heavy atom. The molecule has 3 unspecified atom stereocenters. The van der Waals surface area contributed by atoms with Crippen molar-refractivity contribution in [2.75, 3.05) is 0 Å². The molecule has 69 heavy (non-hydrogen) atoms. The average Bonchev–Trinajstić information content (AvgIpc) is 3.91. The second-order valence-electron chi connectivity index (χ2n) is 21.3. The molecular formula is C63H56FN3OSi+2. The van der Waals surface area contributed by atoms with Crippen molar-refractivity contribution in [3.63, 3.8) is 0 Å². The van der Waals surface area contributed by atoms with Gasteiger partial charge in [-0.05, 0) is 101 Å². The number of halogens is 1. The van der Waals surface area contributed by atoms with Crippen molar-refractivity contribution in [3.05, 3.63) is 198 Å². The smallest absolute Gasteiger partial charge is 0.304 e. The van der Waals surface area contributed by atoms with E-state index in [-0.39, 0.29) is 29.6 Å². The number of hydrogen-bond acceptors (Lipinski definition) is 1. The molecule has 7 aromatic carbocycles. The number of allylic oxidation sites excluding steroid dienone is 1.